The summed E-state index contributed by atoms with van der Waals surface area (Å²) < 4.78 is 4.91. The number of aliphatic hydroxyl groups is 1. The molecule has 1 aromatic carbocycles. The van der Waals surface area contributed by atoms with Crippen molar-refractivity contribution in [2.75, 3.05) is 11.9 Å². The molecule has 6 nitrogen and oxygen atoms in total. The molecule has 3 N–H and O–H groups in total. The van der Waals surface area contributed by atoms with Crippen LogP contribution in [0.4, 0.5) is 10.5 Å². The lowest BCUT2D eigenvalue weighted by atomic mass is 10.2. The molecule has 104 valence electrons. The van der Waals surface area contributed by atoms with Gasteiger partial charge in [-0.25, -0.2) is 4.79 Å². The van der Waals surface area contributed by atoms with Crippen LogP contribution < -0.4 is 15.4 Å². The molecular weight excluding hydrogens is 248 g/mol. The molecule has 0 bridgehead atoms. The van der Waals surface area contributed by atoms with Crippen LogP contribution in [-0.2, 0) is 4.79 Å². The topological polar surface area (TPSA) is 87.7 Å². The normalized spacial score (nSPS) is 11.5. The van der Waals surface area contributed by atoms with Crippen molar-refractivity contribution in [1.29, 1.82) is 0 Å². The number of benzene rings is 1. The van der Waals surface area contributed by atoms with Gasteiger partial charge in [0, 0.05) is 18.7 Å². The van der Waals surface area contributed by atoms with Gasteiger partial charge in [0.05, 0.1) is 12.6 Å². The predicted molar refractivity (Wildman–Crippen MR) is 71.1 cm³/mol. The Hall–Kier alpha value is -2.08. The number of carbonyl (C=O) groups is 2. The van der Waals surface area contributed by atoms with Gasteiger partial charge < -0.3 is 20.5 Å². The number of esters is 1. The van der Waals surface area contributed by atoms with Crippen LogP contribution in [0.1, 0.15) is 20.3 Å². The molecule has 6 heteroatoms. The average Bonchev–Trinajstić information content (AvgIpc) is 2.35. The Morgan fingerprint density at radius 2 is 2.16 bits per heavy atom. The van der Waals surface area contributed by atoms with Crippen molar-refractivity contribution in [2.45, 2.75) is 26.3 Å². The van der Waals surface area contributed by atoms with Crippen LogP contribution in [0.5, 0.6) is 5.75 Å². The van der Waals surface area contributed by atoms with E-state index in [9.17, 15) is 9.59 Å². The van der Waals surface area contributed by atoms with Gasteiger partial charge in [0.1, 0.15) is 5.75 Å². The second kappa shape index (κ2) is 7.38. The first-order valence-corrected chi connectivity index (χ1v) is 6.02. The largest absolute Gasteiger partial charge is 0.427 e. The van der Waals surface area contributed by atoms with Gasteiger partial charge in [-0.15, -0.1) is 0 Å². The standard InChI is InChI=1S/C13H18N2O4/c1-3-10(8-16)14-13(18)15-11-5-4-6-12(7-11)19-9(2)17/h4-7,10,16H,3,8H2,1-2H3,(H2,14,15,18). The van der Waals surface area contributed by atoms with Gasteiger partial charge in [0.15, 0.2) is 0 Å². The van der Waals surface area contributed by atoms with Gasteiger partial charge in [-0.3, -0.25) is 4.79 Å². The molecule has 0 fully saturated rings. The Kier molecular flexibility index (Phi) is 5.81. The molecule has 1 rings (SSSR count). The fourth-order valence-corrected chi connectivity index (χ4v) is 1.43. The lowest BCUT2D eigenvalue weighted by Crippen LogP contribution is -2.39. The number of urea groups is 1. The van der Waals surface area contributed by atoms with Crippen molar-refractivity contribution in [1.82, 2.24) is 5.32 Å². The highest BCUT2D eigenvalue weighted by molar-refractivity contribution is 5.89. The van der Waals surface area contributed by atoms with Gasteiger partial charge in [0.25, 0.3) is 0 Å². The molecular formula is C13H18N2O4. The molecule has 1 aromatic rings. The molecule has 0 aliphatic heterocycles. The summed E-state index contributed by atoms with van der Waals surface area (Å²) in [7, 11) is 0. The molecule has 0 radical (unpaired) electrons. The minimum atomic E-state index is -0.423. The zero-order valence-corrected chi connectivity index (χ0v) is 11.0. The van der Waals surface area contributed by atoms with E-state index in [1.807, 2.05) is 6.92 Å². The molecule has 0 aliphatic rings. The second-order valence-corrected chi connectivity index (χ2v) is 4.01. The summed E-state index contributed by atoms with van der Waals surface area (Å²) in [4.78, 5) is 22.5. The molecule has 1 atom stereocenters. The van der Waals surface area contributed by atoms with Crippen LogP contribution in [0, 0.1) is 0 Å². The molecule has 1 unspecified atom stereocenters. The van der Waals surface area contributed by atoms with Crippen LogP contribution in [0.2, 0.25) is 0 Å². The predicted octanol–water partition coefficient (Wildman–Crippen LogP) is 1.50. The minimum Gasteiger partial charge on any atom is -0.427 e. The SMILES string of the molecule is CCC(CO)NC(=O)Nc1cccc(OC(C)=O)c1. The van der Waals surface area contributed by atoms with Crippen LogP contribution >= 0.6 is 0 Å². The van der Waals surface area contributed by atoms with Crippen LogP contribution in [0.3, 0.4) is 0 Å². The molecule has 0 heterocycles. The Morgan fingerprint density at radius 3 is 2.74 bits per heavy atom. The van der Waals surface area contributed by atoms with Crippen LogP contribution in [0.15, 0.2) is 24.3 Å². The smallest absolute Gasteiger partial charge is 0.319 e. The first-order valence-electron chi connectivity index (χ1n) is 6.02. The third-order valence-electron chi connectivity index (χ3n) is 2.40. The molecule has 0 aromatic heterocycles. The highest BCUT2D eigenvalue weighted by atomic mass is 16.5. The summed E-state index contributed by atoms with van der Waals surface area (Å²) in [5.41, 5.74) is 0.504. The number of anilines is 1. The molecule has 0 saturated carbocycles. The Labute approximate surface area is 111 Å². The maximum atomic E-state index is 11.6. The van der Waals surface area contributed by atoms with E-state index in [0.717, 1.165) is 0 Å². The summed E-state index contributed by atoms with van der Waals surface area (Å²) in [6.45, 7) is 3.06. The zero-order chi connectivity index (χ0) is 14.3. The molecule has 0 saturated heterocycles. The molecule has 2 amide bonds. The van der Waals surface area contributed by atoms with Gasteiger partial charge in [-0.1, -0.05) is 13.0 Å². The number of carbonyl (C=O) groups excluding carboxylic acids is 2. The molecule has 19 heavy (non-hydrogen) atoms. The van der Waals surface area contributed by atoms with Gasteiger partial charge >= 0.3 is 12.0 Å². The van der Waals surface area contributed by atoms with Crippen LogP contribution in [0.25, 0.3) is 0 Å². The summed E-state index contributed by atoms with van der Waals surface area (Å²) in [5, 5.41) is 14.2. The quantitative estimate of drug-likeness (QED) is 0.556. The monoisotopic (exact) mass is 266 g/mol. The number of rotatable bonds is 5. The third-order valence-corrected chi connectivity index (χ3v) is 2.40. The van der Waals surface area contributed by atoms with Crippen molar-refractivity contribution < 1.29 is 19.4 Å². The summed E-state index contributed by atoms with van der Waals surface area (Å²) >= 11 is 0. The maximum absolute atomic E-state index is 11.6. The summed E-state index contributed by atoms with van der Waals surface area (Å²) in [6, 6.07) is 5.80. The minimum absolute atomic E-state index is 0.114. The first-order chi connectivity index (χ1) is 9.05. The van der Waals surface area contributed by atoms with Crippen molar-refractivity contribution in [3.05, 3.63) is 24.3 Å². The first kappa shape index (κ1) is 15.0. The Bertz CT molecular complexity index is 444. The highest BCUT2D eigenvalue weighted by Crippen LogP contribution is 2.17. The zero-order valence-electron chi connectivity index (χ0n) is 11.0. The lowest BCUT2D eigenvalue weighted by Gasteiger charge is -2.15. The van der Waals surface area contributed by atoms with E-state index in [1.54, 1.807) is 24.3 Å². The van der Waals surface area contributed by atoms with E-state index >= 15 is 0 Å². The van der Waals surface area contributed by atoms with Crippen molar-refractivity contribution >= 4 is 17.7 Å². The summed E-state index contributed by atoms with van der Waals surface area (Å²) in [5.74, 6) is -0.0626. The summed E-state index contributed by atoms with van der Waals surface area (Å²) in [6.07, 6.45) is 0.636. The number of amides is 2. The molecule has 0 spiro atoms. The van der Waals surface area contributed by atoms with E-state index in [2.05, 4.69) is 10.6 Å². The van der Waals surface area contributed by atoms with E-state index in [0.29, 0.717) is 17.9 Å². The maximum Gasteiger partial charge on any atom is 0.319 e. The van der Waals surface area contributed by atoms with Gasteiger partial charge in [0.2, 0.25) is 0 Å². The van der Waals surface area contributed by atoms with Crippen molar-refractivity contribution in [2.24, 2.45) is 0 Å². The van der Waals surface area contributed by atoms with E-state index in [4.69, 9.17) is 9.84 Å². The number of hydrogen-bond donors (Lipinski definition) is 3. The molecule has 0 aliphatic carbocycles. The van der Waals surface area contributed by atoms with Crippen LogP contribution in [-0.4, -0.2) is 29.8 Å². The van der Waals surface area contributed by atoms with E-state index in [-0.39, 0.29) is 12.6 Å². The van der Waals surface area contributed by atoms with E-state index < -0.39 is 12.0 Å². The fourth-order valence-electron chi connectivity index (χ4n) is 1.43. The fraction of sp³-hybridized carbons (Fsp3) is 0.385. The average molecular weight is 266 g/mol. The lowest BCUT2D eigenvalue weighted by molar-refractivity contribution is -0.131. The number of hydrogen-bond acceptors (Lipinski definition) is 4. The Morgan fingerprint density at radius 1 is 1.42 bits per heavy atom. The number of nitrogens with one attached hydrogen (secondary N) is 2. The number of ether oxygens (including phenoxy) is 1. The third kappa shape index (κ3) is 5.39. The highest BCUT2D eigenvalue weighted by Gasteiger charge is 2.09. The Balaban J connectivity index is 2.61. The van der Waals surface area contributed by atoms with Crippen molar-refractivity contribution in [3.63, 3.8) is 0 Å². The van der Waals surface area contributed by atoms with Gasteiger partial charge in [-0.2, -0.15) is 0 Å². The van der Waals surface area contributed by atoms with Gasteiger partial charge in [-0.05, 0) is 18.6 Å². The van der Waals surface area contributed by atoms with E-state index in [1.165, 1.54) is 6.92 Å². The van der Waals surface area contributed by atoms with Crippen molar-refractivity contribution in [3.8, 4) is 5.75 Å². The second-order valence-electron chi connectivity index (χ2n) is 4.01. The number of aliphatic hydroxyl groups excluding tert-OH is 1.